The zero-order valence-electron chi connectivity index (χ0n) is 16.3. The lowest BCUT2D eigenvalue weighted by Gasteiger charge is -2.13. The van der Waals surface area contributed by atoms with Crippen LogP contribution in [0.3, 0.4) is 0 Å². The van der Waals surface area contributed by atoms with Gasteiger partial charge in [-0.05, 0) is 55.9 Å². The van der Waals surface area contributed by atoms with Gasteiger partial charge in [0.2, 0.25) is 0 Å². The molecule has 0 aromatic heterocycles. The van der Waals surface area contributed by atoms with Gasteiger partial charge >= 0.3 is 0 Å². The van der Waals surface area contributed by atoms with E-state index in [1.54, 1.807) is 0 Å². The lowest BCUT2D eigenvalue weighted by atomic mass is 9.97. The van der Waals surface area contributed by atoms with Gasteiger partial charge in [0.05, 0.1) is 6.17 Å². The second-order valence-corrected chi connectivity index (χ2v) is 7.21. The summed E-state index contributed by atoms with van der Waals surface area (Å²) >= 11 is 0. The second kappa shape index (κ2) is 8.45. The van der Waals surface area contributed by atoms with E-state index in [9.17, 15) is 0 Å². The normalized spacial score (nSPS) is 12.1. The van der Waals surface area contributed by atoms with Gasteiger partial charge in [-0.15, -0.1) is 0 Å². The minimum absolute atomic E-state index is 0.425. The molecule has 4 aromatic carbocycles. The van der Waals surface area contributed by atoms with Gasteiger partial charge in [0.1, 0.15) is 0 Å². The fourth-order valence-corrected chi connectivity index (χ4v) is 3.77. The van der Waals surface area contributed by atoms with Crippen molar-refractivity contribution in [2.75, 3.05) is 6.54 Å². The summed E-state index contributed by atoms with van der Waals surface area (Å²) in [5, 5.41) is 8.51. The van der Waals surface area contributed by atoms with Gasteiger partial charge in [0.25, 0.3) is 0 Å². The molecule has 4 nitrogen and oxygen atoms in total. The third kappa shape index (κ3) is 4.00. The van der Waals surface area contributed by atoms with E-state index in [0.717, 1.165) is 16.7 Å². The lowest BCUT2D eigenvalue weighted by Crippen LogP contribution is -2.20. The largest absolute Gasteiger partial charge is 0.387 e. The molecular formula is C25H26N4. The van der Waals surface area contributed by atoms with E-state index >= 15 is 0 Å². The maximum absolute atomic E-state index is 6.00. The van der Waals surface area contributed by atoms with Gasteiger partial charge in [-0.3, -0.25) is 0 Å². The van der Waals surface area contributed by atoms with Gasteiger partial charge in [0.15, 0.2) is 0 Å². The zero-order chi connectivity index (χ0) is 20.2. The van der Waals surface area contributed by atoms with Crippen molar-refractivity contribution in [1.82, 2.24) is 5.32 Å². The number of benzene rings is 4. The molecule has 4 rings (SSSR count). The highest BCUT2D eigenvalue weighted by Crippen LogP contribution is 2.28. The molecule has 0 bridgehead atoms. The van der Waals surface area contributed by atoms with Crippen LogP contribution in [0.5, 0.6) is 0 Å². The van der Waals surface area contributed by atoms with Crippen molar-refractivity contribution >= 4 is 27.1 Å². The highest BCUT2D eigenvalue weighted by Gasteiger charge is 2.07. The smallest absolute Gasteiger partial charge is 0.0784 e. The van der Waals surface area contributed by atoms with Gasteiger partial charge in [-0.1, -0.05) is 66.7 Å². The first-order valence-corrected chi connectivity index (χ1v) is 9.81. The van der Waals surface area contributed by atoms with Crippen LogP contribution in [0.25, 0.3) is 27.1 Å². The van der Waals surface area contributed by atoms with Crippen molar-refractivity contribution in [1.29, 1.82) is 0 Å². The molecule has 7 N–H and O–H groups in total. The third-order valence-electron chi connectivity index (χ3n) is 5.28. The molecule has 0 atom stereocenters. The molecule has 0 aliphatic rings. The summed E-state index contributed by atoms with van der Waals surface area (Å²) in [6, 6.07) is 27.2. The molecule has 0 saturated carbocycles. The van der Waals surface area contributed by atoms with Crippen molar-refractivity contribution < 1.29 is 0 Å². The second-order valence-electron chi connectivity index (χ2n) is 7.21. The summed E-state index contributed by atoms with van der Waals surface area (Å²) in [5.41, 5.74) is 21.8. The molecule has 0 spiro atoms. The van der Waals surface area contributed by atoms with Crippen LogP contribution < -0.4 is 22.5 Å². The topological polar surface area (TPSA) is 90.1 Å². The molecule has 29 heavy (non-hydrogen) atoms. The van der Waals surface area contributed by atoms with Crippen LogP contribution in [-0.2, 0) is 6.54 Å². The number of nitrogens with two attached hydrogens (primary N) is 3. The third-order valence-corrected chi connectivity index (χ3v) is 5.28. The molecule has 0 fully saturated rings. The Bertz CT molecular complexity index is 1180. The Balaban J connectivity index is 1.64. The molecule has 0 amide bonds. The van der Waals surface area contributed by atoms with Crippen molar-refractivity contribution in [2.45, 2.75) is 12.7 Å². The summed E-state index contributed by atoms with van der Waals surface area (Å²) in [7, 11) is 0. The highest BCUT2D eigenvalue weighted by molar-refractivity contribution is 6.08. The van der Waals surface area contributed by atoms with E-state index in [1.165, 1.54) is 27.1 Å². The molecule has 146 valence electrons. The van der Waals surface area contributed by atoms with Crippen molar-refractivity contribution in [2.24, 2.45) is 17.2 Å². The number of rotatable bonds is 6. The van der Waals surface area contributed by atoms with Crippen LogP contribution in [-0.4, -0.2) is 6.54 Å². The van der Waals surface area contributed by atoms with Crippen molar-refractivity contribution in [3.8, 4) is 0 Å². The minimum atomic E-state index is -0.495. The Morgan fingerprint density at radius 3 is 2.31 bits per heavy atom. The molecule has 0 radical (unpaired) electrons. The first kappa shape index (κ1) is 19.2. The quantitative estimate of drug-likeness (QED) is 0.300. The van der Waals surface area contributed by atoms with Gasteiger partial charge in [-0.25, -0.2) is 0 Å². The fraction of sp³-hybridized carbons (Fsp3) is 0.120. The number of hydrogen-bond donors (Lipinski definition) is 4. The molecule has 0 aliphatic heterocycles. The maximum Gasteiger partial charge on any atom is 0.0784 e. The van der Waals surface area contributed by atoms with Gasteiger partial charge < -0.3 is 22.5 Å². The van der Waals surface area contributed by atoms with Crippen LogP contribution >= 0.6 is 0 Å². The van der Waals surface area contributed by atoms with E-state index in [0.29, 0.717) is 13.1 Å². The molecule has 4 aromatic rings. The SMILES string of the molecule is NC/C(=C\NCc1cc2ccccc2c2ccccc12)c1cccc(C(N)N)c1. The van der Waals surface area contributed by atoms with Crippen LogP contribution in [0.1, 0.15) is 22.9 Å². The summed E-state index contributed by atoms with van der Waals surface area (Å²) in [6.07, 6.45) is 1.50. The summed E-state index contributed by atoms with van der Waals surface area (Å²) in [6.45, 7) is 1.14. The van der Waals surface area contributed by atoms with Crippen molar-refractivity contribution in [3.63, 3.8) is 0 Å². The fourth-order valence-electron chi connectivity index (χ4n) is 3.77. The number of nitrogens with one attached hydrogen (secondary N) is 1. The Morgan fingerprint density at radius 1 is 0.828 bits per heavy atom. The van der Waals surface area contributed by atoms with Crippen molar-refractivity contribution in [3.05, 3.63) is 102 Å². The predicted octanol–water partition coefficient (Wildman–Crippen LogP) is 4.00. The maximum atomic E-state index is 6.00. The molecule has 0 aliphatic carbocycles. The van der Waals surface area contributed by atoms with E-state index in [4.69, 9.17) is 17.2 Å². The van der Waals surface area contributed by atoms with Crippen LogP contribution in [0.2, 0.25) is 0 Å². The first-order chi connectivity index (χ1) is 14.2. The molecule has 0 saturated heterocycles. The number of hydrogen-bond acceptors (Lipinski definition) is 4. The minimum Gasteiger partial charge on any atom is -0.387 e. The molecule has 0 heterocycles. The summed E-state index contributed by atoms with van der Waals surface area (Å²) in [5.74, 6) is 0. The number of fused-ring (bicyclic) bond motifs is 3. The van der Waals surface area contributed by atoms with Gasteiger partial charge in [0, 0.05) is 19.3 Å². The molecule has 0 unspecified atom stereocenters. The van der Waals surface area contributed by atoms with E-state index in [1.807, 2.05) is 30.5 Å². The predicted molar refractivity (Wildman–Crippen MR) is 123 cm³/mol. The Kier molecular flexibility index (Phi) is 5.58. The Morgan fingerprint density at radius 2 is 1.55 bits per heavy atom. The standard InChI is InChI=1S/C25H26N4/c26-14-21(17-7-5-8-19(12-17)25(27)28)16-29-15-20-13-18-6-1-2-9-22(18)24-11-4-3-10-23(20)24/h1-13,16,25,29H,14-15,26-28H2/b21-16+. The zero-order valence-corrected chi connectivity index (χ0v) is 16.3. The van der Waals surface area contributed by atoms with E-state index in [-0.39, 0.29) is 0 Å². The van der Waals surface area contributed by atoms with Crippen LogP contribution in [0.4, 0.5) is 0 Å². The Hall–Kier alpha value is -3.18. The highest BCUT2D eigenvalue weighted by atomic mass is 14.8. The lowest BCUT2D eigenvalue weighted by molar-refractivity contribution is 0.773. The monoisotopic (exact) mass is 382 g/mol. The average molecular weight is 383 g/mol. The first-order valence-electron chi connectivity index (χ1n) is 9.81. The molecule has 4 heteroatoms. The summed E-state index contributed by atoms with van der Waals surface area (Å²) in [4.78, 5) is 0. The molecular weight excluding hydrogens is 356 g/mol. The van der Waals surface area contributed by atoms with Crippen LogP contribution in [0.15, 0.2) is 85.1 Å². The summed E-state index contributed by atoms with van der Waals surface area (Å²) < 4.78 is 0. The Labute approximate surface area is 171 Å². The van der Waals surface area contributed by atoms with Crippen LogP contribution in [0, 0.1) is 0 Å². The van der Waals surface area contributed by atoms with Gasteiger partial charge in [-0.2, -0.15) is 0 Å². The van der Waals surface area contributed by atoms with E-state index in [2.05, 4.69) is 59.9 Å². The van der Waals surface area contributed by atoms with E-state index < -0.39 is 6.17 Å². The average Bonchev–Trinajstić information content (AvgIpc) is 2.77.